The minimum atomic E-state index is -0.433. The molecule has 6 heteroatoms. The minimum Gasteiger partial charge on any atom is -0.358 e. The smallest absolute Gasteiger partial charge is 0.148 e. The average Bonchev–Trinajstić information content (AvgIpc) is 2.45. The summed E-state index contributed by atoms with van der Waals surface area (Å²) >= 11 is 0. The van der Waals surface area contributed by atoms with Gasteiger partial charge < -0.3 is 10.5 Å². The second kappa shape index (κ2) is 5.48. The summed E-state index contributed by atoms with van der Waals surface area (Å²) in [4.78, 5) is 10.4. The quantitative estimate of drug-likeness (QED) is 0.470. The molecule has 1 aliphatic heterocycles. The zero-order valence-electron chi connectivity index (χ0n) is 7.95. The highest BCUT2D eigenvalue weighted by Crippen LogP contribution is 2.15. The molecule has 1 saturated heterocycles. The van der Waals surface area contributed by atoms with Gasteiger partial charge in [-0.3, -0.25) is 9.68 Å². The molecule has 3 atom stereocenters. The number of nitrogens with one attached hydrogen (secondary N) is 2. The summed E-state index contributed by atoms with van der Waals surface area (Å²) in [5, 5.41) is 0. The van der Waals surface area contributed by atoms with Crippen molar-refractivity contribution in [2.75, 3.05) is 20.2 Å². The van der Waals surface area contributed by atoms with E-state index < -0.39 is 6.23 Å². The molecular weight excluding hydrogens is 174 g/mol. The van der Waals surface area contributed by atoms with Crippen molar-refractivity contribution in [3.05, 3.63) is 0 Å². The van der Waals surface area contributed by atoms with Crippen LogP contribution in [-0.4, -0.2) is 38.6 Å². The lowest BCUT2D eigenvalue weighted by Crippen LogP contribution is -2.44. The molecule has 0 bridgehead atoms. The molecule has 13 heavy (non-hydrogen) atoms. The first-order valence-electron chi connectivity index (χ1n) is 4.37. The Bertz CT molecular complexity index is 145. The predicted molar refractivity (Wildman–Crippen MR) is 46.4 cm³/mol. The highest BCUT2D eigenvalue weighted by molar-refractivity contribution is 4.81. The van der Waals surface area contributed by atoms with E-state index in [0.29, 0.717) is 6.61 Å². The van der Waals surface area contributed by atoms with Crippen molar-refractivity contribution in [2.24, 2.45) is 5.73 Å². The number of hydrogen-bond donors (Lipinski definition) is 3. The first-order valence-corrected chi connectivity index (χ1v) is 4.37. The summed E-state index contributed by atoms with van der Waals surface area (Å²) in [5.74, 6) is 0. The molecule has 0 amide bonds. The van der Waals surface area contributed by atoms with Gasteiger partial charge in [0.15, 0.2) is 0 Å². The van der Waals surface area contributed by atoms with Crippen LogP contribution in [0.4, 0.5) is 0 Å². The maximum atomic E-state index is 5.65. The maximum Gasteiger partial charge on any atom is 0.148 e. The van der Waals surface area contributed by atoms with Crippen LogP contribution in [0.3, 0.4) is 0 Å². The van der Waals surface area contributed by atoms with Crippen molar-refractivity contribution in [1.82, 2.24) is 11.0 Å². The molecule has 2 unspecified atom stereocenters. The zero-order chi connectivity index (χ0) is 9.68. The van der Waals surface area contributed by atoms with Gasteiger partial charge in [0.1, 0.15) is 18.4 Å². The van der Waals surface area contributed by atoms with Gasteiger partial charge in [-0.05, 0) is 0 Å². The van der Waals surface area contributed by atoms with E-state index in [1.54, 1.807) is 7.05 Å². The summed E-state index contributed by atoms with van der Waals surface area (Å²) in [6.45, 7) is 3.10. The lowest BCUT2D eigenvalue weighted by Gasteiger charge is -2.19. The van der Waals surface area contributed by atoms with E-state index in [9.17, 15) is 0 Å². The lowest BCUT2D eigenvalue weighted by atomic mass is 10.2. The van der Waals surface area contributed by atoms with Crippen LogP contribution in [0.25, 0.3) is 0 Å². The summed E-state index contributed by atoms with van der Waals surface area (Å²) in [7, 11) is 1.69. The van der Waals surface area contributed by atoms with Gasteiger partial charge in [-0.15, -0.1) is 0 Å². The Labute approximate surface area is 77.6 Å². The molecule has 1 heterocycles. The molecule has 0 radical (unpaired) electrons. The first kappa shape index (κ1) is 10.8. The Kier molecular flexibility index (Phi) is 4.57. The van der Waals surface area contributed by atoms with Crippen molar-refractivity contribution in [3.8, 4) is 0 Å². The minimum absolute atomic E-state index is 0.168. The normalized spacial score (nSPS) is 33.9. The van der Waals surface area contributed by atoms with E-state index in [-0.39, 0.29) is 12.2 Å². The standard InChI is InChI=1S/C7H17N3O3/c1-3-10-13-6-5(12-9-2)4-11-7(6)8/h5-7,9-10H,3-4,8H2,1-2H3/t5?,6?,7-/m1/s1. The number of hydrogen-bond acceptors (Lipinski definition) is 6. The molecule has 1 aliphatic rings. The number of hydroxylamine groups is 2. The van der Waals surface area contributed by atoms with Crippen molar-refractivity contribution in [2.45, 2.75) is 25.4 Å². The van der Waals surface area contributed by atoms with Gasteiger partial charge in [-0.1, -0.05) is 6.92 Å². The SMILES string of the molecule is CCNOC1C(ONC)CO[C@H]1N. The van der Waals surface area contributed by atoms with Gasteiger partial charge in [0, 0.05) is 13.6 Å². The molecule has 0 spiro atoms. The Morgan fingerprint density at radius 3 is 2.92 bits per heavy atom. The molecule has 0 aromatic carbocycles. The Hall–Kier alpha value is -0.240. The summed E-state index contributed by atoms with van der Waals surface area (Å²) < 4.78 is 5.18. The second-order valence-electron chi connectivity index (χ2n) is 2.74. The van der Waals surface area contributed by atoms with E-state index >= 15 is 0 Å². The number of ether oxygens (including phenoxy) is 1. The summed E-state index contributed by atoms with van der Waals surface area (Å²) in [5.41, 5.74) is 11.0. The van der Waals surface area contributed by atoms with E-state index in [1.165, 1.54) is 0 Å². The van der Waals surface area contributed by atoms with Gasteiger partial charge in [0.05, 0.1) is 6.61 Å². The molecule has 1 fully saturated rings. The molecule has 0 saturated carbocycles. The van der Waals surface area contributed by atoms with Crippen molar-refractivity contribution in [3.63, 3.8) is 0 Å². The van der Waals surface area contributed by atoms with Crippen molar-refractivity contribution >= 4 is 0 Å². The van der Waals surface area contributed by atoms with Crippen molar-refractivity contribution in [1.29, 1.82) is 0 Å². The largest absolute Gasteiger partial charge is 0.358 e. The molecule has 78 valence electrons. The maximum absolute atomic E-state index is 5.65. The van der Waals surface area contributed by atoms with Gasteiger partial charge in [0.2, 0.25) is 0 Å². The van der Waals surface area contributed by atoms with E-state index in [0.717, 1.165) is 6.54 Å². The van der Waals surface area contributed by atoms with Crippen LogP contribution in [-0.2, 0) is 14.4 Å². The predicted octanol–water partition coefficient (Wildman–Crippen LogP) is -1.27. The third-order valence-electron chi connectivity index (χ3n) is 1.78. The molecule has 0 aromatic rings. The molecule has 0 aliphatic carbocycles. The number of rotatable bonds is 5. The van der Waals surface area contributed by atoms with Crippen LogP contribution in [0.1, 0.15) is 6.92 Å². The highest BCUT2D eigenvalue weighted by atomic mass is 16.7. The van der Waals surface area contributed by atoms with Gasteiger partial charge in [-0.25, -0.2) is 11.0 Å². The Morgan fingerprint density at radius 2 is 2.31 bits per heavy atom. The van der Waals surface area contributed by atoms with Crippen LogP contribution in [0.5, 0.6) is 0 Å². The summed E-state index contributed by atoms with van der Waals surface area (Å²) in [6, 6.07) is 0. The lowest BCUT2D eigenvalue weighted by molar-refractivity contribution is -0.120. The third-order valence-corrected chi connectivity index (χ3v) is 1.78. The molecular formula is C7H17N3O3. The topological polar surface area (TPSA) is 77.8 Å². The highest BCUT2D eigenvalue weighted by Gasteiger charge is 2.37. The fourth-order valence-electron chi connectivity index (χ4n) is 1.18. The fourth-order valence-corrected chi connectivity index (χ4v) is 1.18. The molecule has 1 rings (SSSR count). The second-order valence-corrected chi connectivity index (χ2v) is 2.74. The van der Waals surface area contributed by atoms with E-state index in [1.807, 2.05) is 6.92 Å². The molecule has 4 N–H and O–H groups in total. The van der Waals surface area contributed by atoms with Crippen molar-refractivity contribution < 1.29 is 14.4 Å². The van der Waals surface area contributed by atoms with Crippen LogP contribution in [0, 0.1) is 0 Å². The van der Waals surface area contributed by atoms with Gasteiger partial charge >= 0.3 is 0 Å². The van der Waals surface area contributed by atoms with E-state index in [2.05, 4.69) is 11.0 Å². The van der Waals surface area contributed by atoms with Crippen LogP contribution in [0.15, 0.2) is 0 Å². The Morgan fingerprint density at radius 1 is 1.54 bits per heavy atom. The van der Waals surface area contributed by atoms with E-state index in [4.69, 9.17) is 20.1 Å². The average molecular weight is 191 g/mol. The van der Waals surface area contributed by atoms with Gasteiger partial charge in [0.25, 0.3) is 0 Å². The Balaban J connectivity index is 2.35. The summed E-state index contributed by atoms with van der Waals surface area (Å²) in [6.07, 6.45) is -0.871. The fraction of sp³-hybridized carbons (Fsp3) is 1.00. The third kappa shape index (κ3) is 2.87. The first-order chi connectivity index (χ1) is 6.29. The molecule has 6 nitrogen and oxygen atoms in total. The van der Waals surface area contributed by atoms with Crippen LogP contribution < -0.4 is 16.7 Å². The number of nitrogens with two attached hydrogens (primary N) is 1. The van der Waals surface area contributed by atoms with Crippen LogP contribution in [0.2, 0.25) is 0 Å². The van der Waals surface area contributed by atoms with Crippen LogP contribution >= 0.6 is 0 Å². The molecule has 0 aromatic heterocycles. The van der Waals surface area contributed by atoms with Gasteiger partial charge in [-0.2, -0.15) is 0 Å². The monoisotopic (exact) mass is 191 g/mol. The zero-order valence-corrected chi connectivity index (χ0v) is 7.95.